The maximum atomic E-state index is 13.7. The minimum Gasteiger partial charge on any atom is -0.492 e. The molecule has 2 aromatic carbocycles. The van der Waals surface area contributed by atoms with Crippen molar-refractivity contribution in [1.82, 2.24) is 0 Å². The lowest BCUT2D eigenvalue weighted by molar-refractivity contribution is 0.103. The van der Waals surface area contributed by atoms with Gasteiger partial charge in [0, 0.05) is 11.4 Å². The quantitative estimate of drug-likeness (QED) is 0.783. The van der Waals surface area contributed by atoms with Crippen LogP contribution in [-0.4, -0.2) is 12.4 Å². The first-order valence-electron chi connectivity index (χ1n) is 5.91. The lowest BCUT2D eigenvalue weighted by atomic mass is 9.99. The fourth-order valence-corrected chi connectivity index (χ4v) is 2.38. The Morgan fingerprint density at radius 2 is 2.05 bits per heavy atom. The molecule has 0 aliphatic carbocycles. The smallest absolute Gasteiger partial charge is 0.199 e. The van der Waals surface area contributed by atoms with Gasteiger partial charge >= 0.3 is 0 Å². The van der Waals surface area contributed by atoms with E-state index in [1.165, 1.54) is 18.2 Å². The number of carbonyl (C=O) groups excluding carboxylic acids is 1. The molecular weight excluding hydrogens is 267 g/mol. The highest BCUT2D eigenvalue weighted by Crippen LogP contribution is 2.31. The highest BCUT2D eigenvalue weighted by atomic mass is 35.5. The second-order valence-electron chi connectivity index (χ2n) is 4.35. The van der Waals surface area contributed by atoms with Gasteiger partial charge in [0.25, 0.3) is 0 Å². The van der Waals surface area contributed by atoms with Crippen LogP contribution < -0.4 is 4.74 Å². The Hall–Kier alpha value is -1.87. The van der Waals surface area contributed by atoms with Gasteiger partial charge < -0.3 is 4.74 Å². The molecule has 2 nitrogen and oxygen atoms in total. The highest BCUT2D eigenvalue weighted by molar-refractivity contribution is 6.31. The Balaban J connectivity index is 2.10. The van der Waals surface area contributed by atoms with Gasteiger partial charge in [0.05, 0.1) is 17.7 Å². The average molecular weight is 277 g/mol. The van der Waals surface area contributed by atoms with Gasteiger partial charge in [-0.3, -0.25) is 4.79 Å². The van der Waals surface area contributed by atoms with Crippen LogP contribution in [0.2, 0.25) is 5.02 Å². The van der Waals surface area contributed by atoms with E-state index in [9.17, 15) is 9.18 Å². The number of hydrogen-bond donors (Lipinski definition) is 0. The number of para-hydroxylation sites is 1. The normalized spacial score (nSPS) is 12.9. The molecule has 0 atom stereocenters. The van der Waals surface area contributed by atoms with Gasteiger partial charge in [-0.05, 0) is 29.8 Å². The van der Waals surface area contributed by atoms with Crippen molar-refractivity contribution in [2.45, 2.75) is 6.42 Å². The number of ketones is 1. The Labute approximate surface area is 114 Å². The molecule has 0 saturated carbocycles. The molecular formula is C15H10ClFO2. The highest BCUT2D eigenvalue weighted by Gasteiger charge is 2.23. The zero-order chi connectivity index (χ0) is 13.4. The van der Waals surface area contributed by atoms with Crippen molar-refractivity contribution in [1.29, 1.82) is 0 Å². The van der Waals surface area contributed by atoms with Crippen LogP contribution in [0.15, 0.2) is 36.4 Å². The van der Waals surface area contributed by atoms with Crippen molar-refractivity contribution in [3.05, 3.63) is 63.9 Å². The maximum Gasteiger partial charge on any atom is 0.199 e. The first kappa shape index (κ1) is 12.2. The molecule has 96 valence electrons. The van der Waals surface area contributed by atoms with Gasteiger partial charge in [0.1, 0.15) is 11.6 Å². The summed E-state index contributed by atoms with van der Waals surface area (Å²) in [6.07, 6.45) is 0.772. The maximum absolute atomic E-state index is 13.7. The molecule has 4 heteroatoms. The van der Waals surface area contributed by atoms with Gasteiger partial charge in [-0.1, -0.05) is 23.7 Å². The molecule has 0 radical (unpaired) electrons. The summed E-state index contributed by atoms with van der Waals surface area (Å²) in [5, 5.41) is 0.332. The van der Waals surface area contributed by atoms with Gasteiger partial charge in [-0.2, -0.15) is 0 Å². The molecule has 1 aliphatic rings. The molecule has 3 rings (SSSR count). The third kappa shape index (κ3) is 2.10. The first-order valence-corrected chi connectivity index (χ1v) is 6.29. The predicted molar refractivity (Wildman–Crippen MR) is 70.5 cm³/mol. The zero-order valence-corrected chi connectivity index (χ0v) is 10.7. The monoisotopic (exact) mass is 276 g/mol. The Bertz CT molecular complexity index is 667. The van der Waals surface area contributed by atoms with E-state index in [1.807, 2.05) is 6.07 Å². The van der Waals surface area contributed by atoms with E-state index in [0.717, 1.165) is 12.0 Å². The number of halogens is 2. The fraction of sp³-hybridized carbons (Fsp3) is 0.133. The van der Waals surface area contributed by atoms with Crippen molar-refractivity contribution in [2.75, 3.05) is 6.61 Å². The number of ether oxygens (including phenoxy) is 1. The lowest BCUT2D eigenvalue weighted by Crippen LogP contribution is -2.06. The van der Waals surface area contributed by atoms with Crippen molar-refractivity contribution >= 4 is 17.4 Å². The number of carbonyl (C=O) groups is 1. The van der Waals surface area contributed by atoms with Crippen molar-refractivity contribution in [3.63, 3.8) is 0 Å². The molecule has 0 fully saturated rings. The molecule has 0 unspecified atom stereocenters. The van der Waals surface area contributed by atoms with Gasteiger partial charge in [-0.15, -0.1) is 0 Å². The SMILES string of the molecule is O=C(c1cc(Cl)ccc1F)c1cccc2c1OCC2. The summed E-state index contributed by atoms with van der Waals surface area (Å²) in [5.41, 5.74) is 1.33. The minimum atomic E-state index is -0.579. The standard InChI is InChI=1S/C15H10ClFO2/c16-10-4-5-13(17)12(8-10)14(18)11-3-1-2-9-6-7-19-15(9)11/h1-5,8H,6-7H2. The van der Waals surface area contributed by atoms with E-state index < -0.39 is 11.6 Å². The summed E-state index contributed by atoms with van der Waals surface area (Å²) in [7, 11) is 0. The third-order valence-corrected chi connectivity index (χ3v) is 3.37. The van der Waals surface area contributed by atoms with E-state index in [4.69, 9.17) is 16.3 Å². The number of fused-ring (bicyclic) bond motifs is 1. The van der Waals surface area contributed by atoms with Crippen LogP contribution in [0.4, 0.5) is 4.39 Å². The van der Waals surface area contributed by atoms with Gasteiger partial charge in [0.2, 0.25) is 0 Å². The molecule has 0 amide bonds. The molecule has 0 N–H and O–H groups in total. The van der Waals surface area contributed by atoms with Crippen LogP contribution in [-0.2, 0) is 6.42 Å². The molecule has 19 heavy (non-hydrogen) atoms. The summed E-state index contributed by atoms with van der Waals surface area (Å²) in [6, 6.07) is 9.29. The number of hydrogen-bond acceptors (Lipinski definition) is 2. The second kappa shape index (κ2) is 4.67. The summed E-state index contributed by atoms with van der Waals surface area (Å²) in [4.78, 5) is 12.4. The van der Waals surface area contributed by atoms with Crippen molar-refractivity contribution < 1.29 is 13.9 Å². The van der Waals surface area contributed by atoms with Crippen LogP contribution in [0.1, 0.15) is 21.5 Å². The van der Waals surface area contributed by atoms with E-state index in [0.29, 0.717) is 22.9 Å². The molecule has 0 aromatic heterocycles. The van der Waals surface area contributed by atoms with Crippen molar-refractivity contribution in [2.24, 2.45) is 0 Å². The predicted octanol–water partition coefficient (Wildman–Crippen LogP) is 3.65. The minimum absolute atomic E-state index is 0.0311. The average Bonchev–Trinajstić information content (AvgIpc) is 2.89. The van der Waals surface area contributed by atoms with Crippen LogP contribution in [0.5, 0.6) is 5.75 Å². The summed E-state index contributed by atoms with van der Waals surface area (Å²) in [5.74, 6) is -0.421. The number of benzene rings is 2. The molecule has 1 heterocycles. The second-order valence-corrected chi connectivity index (χ2v) is 4.78. The molecule has 0 bridgehead atoms. The number of rotatable bonds is 2. The summed E-state index contributed by atoms with van der Waals surface area (Å²) >= 11 is 5.82. The summed E-state index contributed by atoms with van der Waals surface area (Å²) in [6.45, 7) is 0.553. The third-order valence-electron chi connectivity index (χ3n) is 3.13. The van der Waals surface area contributed by atoms with Crippen LogP contribution >= 0.6 is 11.6 Å². The van der Waals surface area contributed by atoms with Crippen LogP contribution in [0, 0.1) is 5.82 Å². The first-order chi connectivity index (χ1) is 9.16. The largest absolute Gasteiger partial charge is 0.492 e. The lowest BCUT2D eigenvalue weighted by Gasteiger charge is -2.08. The molecule has 2 aromatic rings. The van der Waals surface area contributed by atoms with Crippen molar-refractivity contribution in [3.8, 4) is 5.75 Å². The van der Waals surface area contributed by atoms with Crippen LogP contribution in [0.25, 0.3) is 0 Å². The topological polar surface area (TPSA) is 26.3 Å². The molecule has 0 spiro atoms. The zero-order valence-electron chi connectivity index (χ0n) is 9.95. The molecule has 0 saturated heterocycles. The molecule has 1 aliphatic heterocycles. The van der Waals surface area contributed by atoms with E-state index in [1.54, 1.807) is 12.1 Å². The fourth-order valence-electron chi connectivity index (χ4n) is 2.21. The van der Waals surface area contributed by atoms with Gasteiger partial charge in [-0.25, -0.2) is 4.39 Å². The van der Waals surface area contributed by atoms with Crippen LogP contribution in [0.3, 0.4) is 0 Å². The van der Waals surface area contributed by atoms with E-state index in [-0.39, 0.29) is 5.56 Å². The van der Waals surface area contributed by atoms with E-state index in [2.05, 4.69) is 0 Å². The van der Waals surface area contributed by atoms with Gasteiger partial charge in [0.15, 0.2) is 5.78 Å². The Morgan fingerprint density at radius 1 is 1.21 bits per heavy atom. The van der Waals surface area contributed by atoms with E-state index >= 15 is 0 Å². The summed E-state index contributed by atoms with van der Waals surface area (Å²) < 4.78 is 19.2. The Morgan fingerprint density at radius 3 is 2.89 bits per heavy atom. The Kier molecular flexibility index (Phi) is 2.99.